The first-order valence-corrected chi connectivity index (χ1v) is 6.77. The van der Waals surface area contributed by atoms with E-state index in [4.69, 9.17) is 0 Å². The van der Waals surface area contributed by atoms with E-state index in [9.17, 15) is 31.9 Å². The van der Waals surface area contributed by atoms with Gasteiger partial charge in [-0.25, -0.2) is 9.18 Å². The summed E-state index contributed by atoms with van der Waals surface area (Å²) in [7, 11) is 0. The van der Waals surface area contributed by atoms with Crippen molar-refractivity contribution in [3.8, 4) is 0 Å². The molecule has 1 aliphatic rings. The number of hydroxylamine groups is 2. The smallest absolute Gasteiger partial charge is 0.324 e. The van der Waals surface area contributed by atoms with Crippen LogP contribution in [0.4, 0.5) is 17.6 Å². The predicted octanol–water partition coefficient (Wildman–Crippen LogP) is 3.21. The summed E-state index contributed by atoms with van der Waals surface area (Å²) in [6, 6.07) is 7.10. The van der Waals surface area contributed by atoms with Crippen LogP contribution < -0.4 is 0 Å². The Balaban J connectivity index is 1.87. The fraction of sp³-hybridized carbons (Fsp3) is 0.0625. The third kappa shape index (κ3) is 2.84. The number of hydrogen-bond donors (Lipinski definition) is 0. The van der Waals surface area contributed by atoms with Gasteiger partial charge in [-0.05, 0) is 30.3 Å². The summed E-state index contributed by atoms with van der Waals surface area (Å²) in [6.45, 7) is 0. The molecule has 2 aromatic carbocycles. The lowest BCUT2D eigenvalue weighted by Crippen LogP contribution is -2.32. The van der Waals surface area contributed by atoms with E-state index < -0.39 is 40.9 Å². The molecule has 2 aromatic rings. The Kier molecular flexibility index (Phi) is 3.78. The SMILES string of the molecule is O=C(ON1C(=O)c2ccccc2C1=O)c1ccc(F)c(C(F)(F)F)c1. The largest absolute Gasteiger partial charge is 0.419 e. The van der Waals surface area contributed by atoms with E-state index >= 15 is 0 Å². The highest BCUT2D eigenvalue weighted by atomic mass is 19.4. The zero-order valence-electron chi connectivity index (χ0n) is 12.1. The van der Waals surface area contributed by atoms with Crippen LogP contribution in [-0.4, -0.2) is 22.8 Å². The summed E-state index contributed by atoms with van der Waals surface area (Å²) in [5, 5.41) is 0.156. The van der Waals surface area contributed by atoms with Crippen molar-refractivity contribution >= 4 is 17.8 Å². The van der Waals surface area contributed by atoms with E-state index in [1.807, 2.05) is 0 Å². The van der Waals surface area contributed by atoms with Crippen LogP contribution in [0.15, 0.2) is 42.5 Å². The molecule has 2 amide bonds. The molecule has 0 fully saturated rings. The number of amides is 2. The average molecular weight is 353 g/mol. The van der Waals surface area contributed by atoms with Crippen LogP contribution in [0.2, 0.25) is 0 Å². The van der Waals surface area contributed by atoms with Gasteiger partial charge in [-0.1, -0.05) is 17.2 Å². The predicted molar refractivity (Wildman–Crippen MR) is 73.8 cm³/mol. The van der Waals surface area contributed by atoms with Gasteiger partial charge in [0.05, 0.1) is 22.3 Å². The van der Waals surface area contributed by atoms with Gasteiger partial charge < -0.3 is 4.84 Å². The third-order valence-corrected chi connectivity index (χ3v) is 3.44. The maximum Gasteiger partial charge on any atom is 0.419 e. The van der Waals surface area contributed by atoms with E-state index in [1.165, 1.54) is 24.3 Å². The molecular weight excluding hydrogens is 346 g/mol. The molecule has 0 aromatic heterocycles. The van der Waals surface area contributed by atoms with Gasteiger partial charge in [0.25, 0.3) is 11.8 Å². The first-order chi connectivity index (χ1) is 11.7. The molecule has 1 heterocycles. The molecule has 0 aliphatic carbocycles. The highest BCUT2D eigenvalue weighted by Crippen LogP contribution is 2.32. The highest BCUT2D eigenvalue weighted by molar-refractivity contribution is 6.21. The number of carbonyl (C=O) groups is 3. The number of rotatable bonds is 2. The molecule has 128 valence electrons. The summed E-state index contributed by atoms with van der Waals surface area (Å²) in [5.74, 6) is -4.82. The molecule has 0 bridgehead atoms. The van der Waals surface area contributed by atoms with E-state index in [1.54, 1.807) is 0 Å². The molecule has 1 aliphatic heterocycles. The minimum absolute atomic E-state index is 0.00427. The quantitative estimate of drug-likeness (QED) is 0.614. The zero-order chi connectivity index (χ0) is 18.4. The van der Waals surface area contributed by atoms with Gasteiger partial charge in [0.2, 0.25) is 0 Å². The molecular formula is C16H7F4NO4. The van der Waals surface area contributed by atoms with Crippen molar-refractivity contribution in [3.05, 3.63) is 70.5 Å². The van der Waals surface area contributed by atoms with Crippen molar-refractivity contribution in [1.82, 2.24) is 5.06 Å². The summed E-state index contributed by atoms with van der Waals surface area (Å²) >= 11 is 0. The monoisotopic (exact) mass is 353 g/mol. The number of hydrogen-bond acceptors (Lipinski definition) is 4. The average Bonchev–Trinajstić information content (AvgIpc) is 2.79. The summed E-state index contributed by atoms with van der Waals surface area (Å²) in [4.78, 5) is 40.7. The molecule has 9 heteroatoms. The first-order valence-electron chi connectivity index (χ1n) is 6.77. The molecule has 0 unspecified atom stereocenters. The number of carbonyl (C=O) groups excluding carboxylic acids is 3. The van der Waals surface area contributed by atoms with Gasteiger partial charge in [-0.2, -0.15) is 13.2 Å². The second kappa shape index (κ2) is 5.69. The first kappa shape index (κ1) is 16.6. The lowest BCUT2D eigenvalue weighted by molar-refractivity contribution is -0.140. The highest BCUT2D eigenvalue weighted by Gasteiger charge is 2.39. The Morgan fingerprint density at radius 1 is 0.960 bits per heavy atom. The minimum Gasteiger partial charge on any atom is -0.324 e. The summed E-state index contributed by atoms with van der Waals surface area (Å²) in [5.41, 5.74) is -2.33. The lowest BCUT2D eigenvalue weighted by atomic mass is 10.1. The Morgan fingerprint density at radius 2 is 1.52 bits per heavy atom. The van der Waals surface area contributed by atoms with Crippen LogP contribution in [0.5, 0.6) is 0 Å². The van der Waals surface area contributed by atoms with E-state index in [0.717, 1.165) is 6.07 Å². The molecule has 25 heavy (non-hydrogen) atoms. The Hall–Kier alpha value is -3.23. The van der Waals surface area contributed by atoms with E-state index in [-0.39, 0.29) is 22.3 Å². The summed E-state index contributed by atoms with van der Waals surface area (Å²) < 4.78 is 51.3. The minimum atomic E-state index is -5.02. The number of benzene rings is 2. The number of alkyl halides is 3. The van der Waals surface area contributed by atoms with Crippen LogP contribution in [-0.2, 0) is 11.0 Å². The topological polar surface area (TPSA) is 63.7 Å². The molecule has 0 saturated carbocycles. The Bertz CT molecular complexity index is 872. The molecule has 0 N–H and O–H groups in total. The maximum absolute atomic E-state index is 13.2. The molecule has 0 radical (unpaired) electrons. The second-order valence-corrected chi connectivity index (χ2v) is 5.02. The fourth-order valence-electron chi connectivity index (χ4n) is 2.26. The van der Waals surface area contributed by atoms with Crippen LogP contribution >= 0.6 is 0 Å². The van der Waals surface area contributed by atoms with Crippen molar-refractivity contribution in [2.24, 2.45) is 0 Å². The number of fused-ring (bicyclic) bond motifs is 1. The molecule has 0 spiro atoms. The fourth-order valence-corrected chi connectivity index (χ4v) is 2.26. The van der Waals surface area contributed by atoms with Crippen LogP contribution in [0.25, 0.3) is 0 Å². The van der Waals surface area contributed by atoms with Crippen molar-refractivity contribution in [2.45, 2.75) is 6.18 Å². The van der Waals surface area contributed by atoms with Gasteiger partial charge in [0, 0.05) is 0 Å². The Labute approximate surface area is 137 Å². The molecule has 0 atom stereocenters. The van der Waals surface area contributed by atoms with Crippen molar-refractivity contribution in [1.29, 1.82) is 0 Å². The summed E-state index contributed by atoms with van der Waals surface area (Å²) in [6.07, 6.45) is -5.02. The molecule has 5 nitrogen and oxygen atoms in total. The van der Waals surface area contributed by atoms with Gasteiger partial charge in [-0.3, -0.25) is 9.59 Å². The molecule has 3 rings (SSSR count). The van der Waals surface area contributed by atoms with Gasteiger partial charge in [-0.15, -0.1) is 0 Å². The van der Waals surface area contributed by atoms with E-state index in [0.29, 0.717) is 6.07 Å². The van der Waals surface area contributed by atoms with Gasteiger partial charge >= 0.3 is 12.1 Å². The van der Waals surface area contributed by atoms with Crippen molar-refractivity contribution < 1.29 is 36.8 Å². The van der Waals surface area contributed by atoms with Crippen LogP contribution in [0.1, 0.15) is 36.6 Å². The second-order valence-electron chi connectivity index (χ2n) is 5.02. The zero-order valence-corrected chi connectivity index (χ0v) is 12.1. The van der Waals surface area contributed by atoms with E-state index in [2.05, 4.69) is 4.84 Å². The lowest BCUT2D eigenvalue weighted by Gasteiger charge is -2.14. The van der Waals surface area contributed by atoms with Gasteiger partial charge in [0.1, 0.15) is 5.82 Å². The standard InChI is InChI=1S/C16H7F4NO4/c17-12-6-5-8(7-11(12)16(18,19)20)15(24)25-21-13(22)9-3-1-2-4-10(9)14(21)23/h1-7H. The maximum atomic E-state index is 13.2. The van der Waals surface area contributed by atoms with Crippen LogP contribution in [0.3, 0.4) is 0 Å². The Morgan fingerprint density at radius 3 is 2.04 bits per heavy atom. The van der Waals surface area contributed by atoms with Crippen molar-refractivity contribution in [2.75, 3.05) is 0 Å². The van der Waals surface area contributed by atoms with Crippen molar-refractivity contribution in [3.63, 3.8) is 0 Å². The number of imide groups is 1. The molecule has 0 saturated heterocycles. The normalized spacial score (nSPS) is 13.8. The number of nitrogens with zero attached hydrogens (tertiary/aromatic N) is 1. The van der Waals surface area contributed by atoms with Crippen LogP contribution in [0, 0.1) is 5.82 Å². The third-order valence-electron chi connectivity index (χ3n) is 3.44. The van der Waals surface area contributed by atoms with Gasteiger partial charge in [0.15, 0.2) is 0 Å². The number of halogens is 4.